The normalized spacial score (nSPS) is 11.2. The second-order valence-electron chi connectivity index (χ2n) is 3.54. The lowest BCUT2D eigenvalue weighted by atomic mass is 10.2. The lowest BCUT2D eigenvalue weighted by molar-refractivity contribution is 0.671. The third-order valence-corrected chi connectivity index (χ3v) is 2.11. The van der Waals surface area contributed by atoms with Crippen molar-refractivity contribution in [2.75, 3.05) is 13.6 Å². The van der Waals surface area contributed by atoms with Gasteiger partial charge in [-0.25, -0.2) is 0 Å². The molecule has 1 aromatic heterocycles. The van der Waals surface area contributed by atoms with Gasteiger partial charge in [0.15, 0.2) is 0 Å². The molecule has 0 unspecified atom stereocenters. The van der Waals surface area contributed by atoms with Gasteiger partial charge in [0.1, 0.15) is 11.6 Å². The van der Waals surface area contributed by atoms with Crippen LogP contribution >= 0.6 is 0 Å². The van der Waals surface area contributed by atoms with E-state index in [4.69, 9.17) is 0 Å². The van der Waals surface area contributed by atoms with Crippen molar-refractivity contribution in [1.29, 1.82) is 0 Å². The van der Waals surface area contributed by atoms with Crippen molar-refractivity contribution >= 4 is 0 Å². The summed E-state index contributed by atoms with van der Waals surface area (Å²) < 4.78 is 2.09. The highest BCUT2D eigenvalue weighted by atomic mass is 15.3. The Morgan fingerprint density at radius 2 is 2.08 bits per heavy atom. The van der Waals surface area contributed by atoms with Crippen molar-refractivity contribution in [3.05, 3.63) is 11.6 Å². The molecule has 0 fully saturated rings. The van der Waals surface area contributed by atoms with Gasteiger partial charge in [-0.1, -0.05) is 13.8 Å². The number of likely N-dealkylation sites (N-methyl/N-ethyl adjacent to an activating group) is 1. The standard InChI is InChI=1S/C9H18N4/c1-7(2)9-12-11-8(13(9)4)5-6-10-3/h7,10H,5-6H2,1-4H3. The summed E-state index contributed by atoms with van der Waals surface area (Å²) in [7, 11) is 3.97. The van der Waals surface area contributed by atoms with Crippen LogP contribution in [0, 0.1) is 0 Å². The zero-order chi connectivity index (χ0) is 9.84. The summed E-state index contributed by atoms with van der Waals surface area (Å²) in [6.07, 6.45) is 0.937. The Kier molecular flexibility index (Phi) is 3.42. The minimum Gasteiger partial charge on any atom is -0.319 e. The molecule has 1 rings (SSSR count). The van der Waals surface area contributed by atoms with Crippen LogP contribution < -0.4 is 5.32 Å². The fraction of sp³-hybridized carbons (Fsp3) is 0.778. The first-order valence-electron chi connectivity index (χ1n) is 4.69. The SMILES string of the molecule is CNCCc1nnc(C(C)C)n1C. The first kappa shape index (κ1) is 10.2. The van der Waals surface area contributed by atoms with Crippen LogP contribution in [-0.4, -0.2) is 28.4 Å². The number of hydrogen-bond acceptors (Lipinski definition) is 3. The van der Waals surface area contributed by atoms with Crippen molar-refractivity contribution in [3.8, 4) is 0 Å². The lowest BCUT2D eigenvalue weighted by Crippen LogP contribution is -2.13. The van der Waals surface area contributed by atoms with Gasteiger partial charge >= 0.3 is 0 Å². The van der Waals surface area contributed by atoms with E-state index in [1.165, 1.54) is 0 Å². The van der Waals surface area contributed by atoms with E-state index in [1.54, 1.807) is 0 Å². The monoisotopic (exact) mass is 182 g/mol. The average Bonchev–Trinajstić information content (AvgIpc) is 2.43. The molecule has 1 N–H and O–H groups in total. The smallest absolute Gasteiger partial charge is 0.135 e. The highest BCUT2D eigenvalue weighted by molar-refractivity contribution is 4.99. The van der Waals surface area contributed by atoms with E-state index in [9.17, 15) is 0 Å². The molecule has 0 aromatic carbocycles. The molecule has 0 aliphatic heterocycles. The van der Waals surface area contributed by atoms with Crippen LogP contribution in [0.3, 0.4) is 0 Å². The molecule has 0 saturated carbocycles. The topological polar surface area (TPSA) is 42.7 Å². The van der Waals surface area contributed by atoms with Crippen LogP contribution in [0.4, 0.5) is 0 Å². The Hall–Kier alpha value is -0.900. The van der Waals surface area contributed by atoms with Gasteiger partial charge in [-0.3, -0.25) is 0 Å². The number of rotatable bonds is 4. The molecular formula is C9H18N4. The van der Waals surface area contributed by atoms with Crippen LogP contribution in [0.2, 0.25) is 0 Å². The summed E-state index contributed by atoms with van der Waals surface area (Å²) in [6.45, 7) is 5.21. The van der Waals surface area contributed by atoms with E-state index in [1.807, 2.05) is 14.1 Å². The average molecular weight is 182 g/mol. The van der Waals surface area contributed by atoms with Gasteiger partial charge in [0.25, 0.3) is 0 Å². The fourth-order valence-electron chi connectivity index (χ4n) is 1.33. The summed E-state index contributed by atoms with van der Waals surface area (Å²) in [6, 6.07) is 0. The van der Waals surface area contributed by atoms with E-state index >= 15 is 0 Å². The quantitative estimate of drug-likeness (QED) is 0.745. The van der Waals surface area contributed by atoms with E-state index < -0.39 is 0 Å². The summed E-state index contributed by atoms with van der Waals surface area (Å²) in [5.41, 5.74) is 0. The molecule has 1 aromatic rings. The number of nitrogens with one attached hydrogen (secondary N) is 1. The Morgan fingerprint density at radius 1 is 1.38 bits per heavy atom. The Balaban J connectivity index is 2.74. The van der Waals surface area contributed by atoms with Crippen LogP contribution in [0.5, 0.6) is 0 Å². The van der Waals surface area contributed by atoms with Gasteiger partial charge in [0.2, 0.25) is 0 Å². The van der Waals surface area contributed by atoms with Gasteiger partial charge in [0.05, 0.1) is 0 Å². The lowest BCUT2D eigenvalue weighted by Gasteiger charge is -2.05. The molecular weight excluding hydrogens is 164 g/mol. The summed E-state index contributed by atoms with van der Waals surface area (Å²) in [4.78, 5) is 0. The van der Waals surface area contributed by atoms with Gasteiger partial charge in [-0.2, -0.15) is 0 Å². The second-order valence-corrected chi connectivity index (χ2v) is 3.54. The molecule has 0 amide bonds. The molecule has 0 saturated heterocycles. The summed E-state index contributed by atoms with van der Waals surface area (Å²) >= 11 is 0. The maximum atomic E-state index is 4.15. The number of hydrogen-bond donors (Lipinski definition) is 1. The van der Waals surface area contributed by atoms with E-state index in [2.05, 4.69) is 33.9 Å². The van der Waals surface area contributed by atoms with Gasteiger partial charge in [-0.05, 0) is 7.05 Å². The number of nitrogens with zero attached hydrogens (tertiary/aromatic N) is 3. The first-order chi connectivity index (χ1) is 6.16. The fourth-order valence-corrected chi connectivity index (χ4v) is 1.33. The second kappa shape index (κ2) is 4.37. The van der Waals surface area contributed by atoms with Crippen molar-refractivity contribution < 1.29 is 0 Å². The highest BCUT2D eigenvalue weighted by Gasteiger charge is 2.10. The molecule has 74 valence electrons. The molecule has 13 heavy (non-hydrogen) atoms. The van der Waals surface area contributed by atoms with Crippen molar-refractivity contribution in [3.63, 3.8) is 0 Å². The molecule has 0 spiro atoms. The van der Waals surface area contributed by atoms with Gasteiger partial charge in [0, 0.05) is 25.9 Å². The van der Waals surface area contributed by atoms with Crippen LogP contribution in [0.1, 0.15) is 31.4 Å². The Bertz CT molecular complexity index is 265. The zero-order valence-electron chi connectivity index (χ0n) is 8.83. The van der Waals surface area contributed by atoms with Gasteiger partial charge in [-0.15, -0.1) is 10.2 Å². The minimum atomic E-state index is 0.445. The summed E-state index contributed by atoms with van der Waals surface area (Å²) in [5, 5.41) is 11.4. The minimum absolute atomic E-state index is 0.445. The van der Waals surface area contributed by atoms with E-state index in [0.29, 0.717) is 5.92 Å². The molecule has 1 heterocycles. The molecule has 0 bridgehead atoms. The predicted molar refractivity (Wildman–Crippen MR) is 52.7 cm³/mol. The largest absolute Gasteiger partial charge is 0.319 e. The highest BCUT2D eigenvalue weighted by Crippen LogP contribution is 2.11. The predicted octanol–water partition coefficient (Wildman–Crippen LogP) is 0.700. The third kappa shape index (κ3) is 2.28. The molecule has 0 aliphatic rings. The molecule has 0 atom stereocenters. The van der Waals surface area contributed by atoms with Gasteiger partial charge < -0.3 is 9.88 Å². The Morgan fingerprint density at radius 3 is 2.54 bits per heavy atom. The maximum absolute atomic E-state index is 4.15. The molecule has 4 heteroatoms. The van der Waals surface area contributed by atoms with Crippen LogP contribution in [-0.2, 0) is 13.5 Å². The Labute approximate surface area is 79.4 Å². The first-order valence-corrected chi connectivity index (χ1v) is 4.69. The molecule has 4 nitrogen and oxygen atoms in total. The van der Waals surface area contributed by atoms with E-state index in [0.717, 1.165) is 24.6 Å². The number of aromatic nitrogens is 3. The maximum Gasteiger partial charge on any atom is 0.135 e. The third-order valence-electron chi connectivity index (χ3n) is 2.11. The van der Waals surface area contributed by atoms with Crippen molar-refractivity contribution in [2.24, 2.45) is 7.05 Å². The molecule has 0 aliphatic carbocycles. The van der Waals surface area contributed by atoms with Crippen molar-refractivity contribution in [2.45, 2.75) is 26.2 Å². The van der Waals surface area contributed by atoms with Crippen LogP contribution in [0.15, 0.2) is 0 Å². The van der Waals surface area contributed by atoms with Crippen LogP contribution in [0.25, 0.3) is 0 Å². The zero-order valence-corrected chi connectivity index (χ0v) is 8.83. The van der Waals surface area contributed by atoms with Crippen molar-refractivity contribution in [1.82, 2.24) is 20.1 Å². The molecule has 0 radical (unpaired) electrons. The van der Waals surface area contributed by atoms with E-state index in [-0.39, 0.29) is 0 Å². The summed E-state index contributed by atoms with van der Waals surface area (Å²) in [5.74, 6) is 2.56.